The minimum Gasteiger partial charge on any atom is -0.480 e. The van der Waals surface area contributed by atoms with Gasteiger partial charge in [0, 0.05) is 12.7 Å². The average molecular weight is 251 g/mol. The van der Waals surface area contributed by atoms with Gasteiger partial charge in [0.15, 0.2) is 0 Å². The number of benzene rings is 1. The van der Waals surface area contributed by atoms with Gasteiger partial charge >= 0.3 is 5.97 Å². The molecule has 0 radical (unpaired) electrons. The molecule has 4 nitrogen and oxygen atoms in total. The molecule has 1 amide bonds. The molecule has 1 saturated carbocycles. The lowest BCUT2D eigenvalue weighted by atomic mass is 9.68. The van der Waals surface area contributed by atoms with E-state index in [0.29, 0.717) is 18.5 Å². The van der Waals surface area contributed by atoms with Crippen LogP contribution < -0.4 is 4.90 Å². The van der Waals surface area contributed by atoms with Gasteiger partial charge in [0.1, 0.15) is 11.2 Å². The van der Waals surface area contributed by atoms with Gasteiger partial charge in [-0.15, -0.1) is 0 Å². The van der Waals surface area contributed by atoms with Gasteiger partial charge in [-0.3, -0.25) is 9.59 Å². The largest absolute Gasteiger partial charge is 0.480 e. The van der Waals surface area contributed by atoms with Crippen molar-refractivity contribution in [1.82, 2.24) is 0 Å². The fraction of sp³-hybridized carbons (Fsp3) is 0.385. The number of carboxylic acid groups (broad SMARTS) is 1. The van der Waals surface area contributed by atoms with Crippen LogP contribution in [0.2, 0.25) is 0 Å². The van der Waals surface area contributed by atoms with Crippen LogP contribution in [0, 0.1) is 11.2 Å². The third kappa shape index (κ3) is 1.85. The average Bonchev–Trinajstić information content (AvgIpc) is 2.25. The Morgan fingerprint density at radius 3 is 2.50 bits per heavy atom. The van der Waals surface area contributed by atoms with Crippen LogP contribution in [0.5, 0.6) is 0 Å². The number of carbonyl (C=O) groups is 2. The van der Waals surface area contributed by atoms with E-state index in [1.54, 1.807) is 6.07 Å². The number of hydrogen-bond donors (Lipinski definition) is 1. The summed E-state index contributed by atoms with van der Waals surface area (Å²) < 4.78 is 13.1. The molecule has 1 aromatic carbocycles. The zero-order valence-electron chi connectivity index (χ0n) is 10.0. The van der Waals surface area contributed by atoms with Crippen LogP contribution in [0.4, 0.5) is 10.1 Å². The number of halogens is 1. The Labute approximate surface area is 104 Å². The lowest BCUT2D eigenvalue weighted by Gasteiger charge is -2.38. The number of amides is 1. The Morgan fingerprint density at radius 1 is 1.39 bits per heavy atom. The summed E-state index contributed by atoms with van der Waals surface area (Å²) >= 11 is 0. The third-order valence-corrected chi connectivity index (χ3v) is 3.53. The van der Waals surface area contributed by atoms with Gasteiger partial charge in [-0.25, -0.2) is 4.39 Å². The van der Waals surface area contributed by atoms with Gasteiger partial charge in [-0.05, 0) is 31.0 Å². The molecule has 1 N–H and O–H groups in total. The van der Waals surface area contributed by atoms with E-state index in [0.717, 1.165) is 6.42 Å². The van der Waals surface area contributed by atoms with Crippen molar-refractivity contribution in [3.05, 3.63) is 30.1 Å². The second kappa shape index (κ2) is 4.40. The highest BCUT2D eigenvalue weighted by Gasteiger charge is 2.52. The first-order valence-electron chi connectivity index (χ1n) is 5.74. The van der Waals surface area contributed by atoms with Gasteiger partial charge < -0.3 is 10.0 Å². The molecular weight excluding hydrogens is 237 g/mol. The van der Waals surface area contributed by atoms with Gasteiger partial charge in [0.25, 0.3) is 0 Å². The molecule has 5 heteroatoms. The molecule has 1 fully saturated rings. The SMILES string of the molecule is CN(C(=O)C1(C(=O)O)CCC1)c1cccc(F)c1. The molecule has 0 heterocycles. The molecule has 1 aliphatic rings. The van der Waals surface area contributed by atoms with Crippen LogP contribution >= 0.6 is 0 Å². The Kier molecular flexibility index (Phi) is 3.07. The highest BCUT2D eigenvalue weighted by Crippen LogP contribution is 2.43. The maximum Gasteiger partial charge on any atom is 0.319 e. The van der Waals surface area contributed by atoms with E-state index in [9.17, 15) is 19.1 Å². The summed E-state index contributed by atoms with van der Waals surface area (Å²) in [6, 6.07) is 5.56. The van der Waals surface area contributed by atoms with E-state index in [1.807, 2.05) is 0 Å². The first kappa shape index (κ1) is 12.5. The first-order valence-corrected chi connectivity index (χ1v) is 5.74. The Hall–Kier alpha value is -1.91. The monoisotopic (exact) mass is 251 g/mol. The molecule has 0 spiro atoms. The van der Waals surface area contributed by atoms with E-state index in [1.165, 1.54) is 30.1 Å². The van der Waals surface area contributed by atoms with Gasteiger partial charge in [-0.2, -0.15) is 0 Å². The summed E-state index contributed by atoms with van der Waals surface area (Å²) in [6.45, 7) is 0. The second-order valence-corrected chi connectivity index (χ2v) is 4.58. The third-order valence-electron chi connectivity index (χ3n) is 3.53. The van der Waals surface area contributed by atoms with Crippen molar-refractivity contribution in [2.75, 3.05) is 11.9 Å². The zero-order valence-corrected chi connectivity index (χ0v) is 10.0. The summed E-state index contributed by atoms with van der Waals surface area (Å²) in [7, 11) is 1.47. The molecule has 0 aromatic heterocycles. The Bertz CT molecular complexity index is 497. The molecule has 0 atom stereocenters. The van der Waals surface area contributed by atoms with E-state index in [4.69, 9.17) is 0 Å². The van der Waals surface area contributed by atoms with Crippen molar-refractivity contribution in [2.24, 2.45) is 5.41 Å². The summed E-state index contributed by atoms with van der Waals surface area (Å²) in [5.41, 5.74) is -0.950. The topological polar surface area (TPSA) is 57.6 Å². The number of carboxylic acids is 1. The minimum atomic E-state index is -1.32. The highest BCUT2D eigenvalue weighted by atomic mass is 19.1. The van der Waals surface area contributed by atoms with Crippen LogP contribution in [-0.4, -0.2) is 24.0 Å². The molecule has 2 rings (SSSR count). The first-order chi connectivity index (χ1) is 8.47. The Morgan fingerprint density at radius 2 is 2.06 bits per heavy atom. The standard InChI is InChI=1S/C13H14FNO3/c1-15(10-5-2-4-9(14)8-10)11(16)13(12(17)18)6-3-7-13/h2,4-5,8H,3,6-7H2,1H3,(H,17,18). The van der Waals surface area contributed by atoms with E-state index >= 15 is 0 Å². The number of aliphatic carboxylic acids is 1. The predicted molar refractivity (Wildman–Crippen MR) is 63.7 cm³/mol. The van der Waals surface area contributed by atoms with Gasteiger partial charge in [0.05, 0.1) is 0 Å². The molecule has 0 saturated heterocycles. The van der Waals surface area contributed by atoms with Crippen molar-refractivity contribution in [3.63, 3.8) is 0 Å². The molecule has 96 valence electrons. The van der Waals surface area contributed by atoms with Crippen LogP contribution in [0.15, 0.2) is 24.3 Å². The van der Waals surface area contributed by atoms with E-state index in [-0.39, 0.29) is 0 Å². The molecule has 1 aromatic rings. The minimum absolute atomic E-state index is 0.348. The predicted octanol–water partition coefficient (Wildman–Crippen LogP) is 2.04. The number of anilines is 1. The number of hydrogen-bond acceptors (Lipinski definition) is 2. The summed E-state index contributed by atoms with van der Waals surface area (Å²) in [5.74, 6) is -2.03. The normalized spacial score (nSPS) is 16.8. The summed E-state index contributed by atoms with van der Waals surface area (Å²) in [4.78, 5) is 24.7. The van der Waals surface area contributed by atoms with Gasteiger partial charge in [-0.1, -0.05) is 12.5 Å². The van der Waals surface area contributed by atoms with E-state index in [2.05, 4.69) is 0 Å². The van der Waals surface area contributed by atoms with Crippen molar-refractivity contribution in [1.29, 1.82) is 0 Å². The maximum atomic E-state index is 13.1. The Balaban J connectivity index is 2.26. The van der Waals surface area contributed by atoms with Crippen LogP contribution in [-0.2, 0) is 9.59 Å². The van der Waals surface area contributed by atoms with Crippen molar-refractivity contribution < 1.29 is 19.1 Å². The summed E-state index contributed by atoms with van der Waals surface area (Å²) in [5, 5.41) is 9.18. The van der Waals surface area contributed by atoms with Crippen molar-refractivity contribution in [3.8, 4) is 0 Å². The quantitative estimate of drug-likeness (QED) is 0.836. The molecule has 0 unspecified atom stereocenters. The number of rotatable bonds is 3. The highest BCUT2D eigenvalue weighted by molar-refractivity contribution is 6.10. The molecular formula is C13H14FNO3. The molecule has 18 heavy (non-hydrogen) atoms. The molecule has 1 aliphatic carbocycles. The smallest absolute Gasteiger partial charge is 0.319 e. The fourth-order valence-electron chi connectivity index (χ4n) is 2.17. The fourth-order valence-corrected chi connectivity index (χ4v) is 2.17. The molecule has 0 bridgehead atoms. The van der Waals surface area contributed by atoms with E-state index < -0.39 is 23.1 Å². The second-order valence-electron chi connectivity index (χ2n) is 4.58. The van der Waals surface area contributed by atoms with Crippen molar-refractivity contribution in [2.45, 2.75) is 19.3 Å². The van der Waals surface area contributed by atoms with Crippen LogP contribution in [0.3, 0.4) is 0 Å². The lowest BCUT2D eigenvalue weighted by Crippen LogP contribution is -2.51. The molecule has 0 aliphatic heterocycles. The van der Waals surface area contributed by atoms with Gasteiger partial charge in [0.2, 0.25) is 5.91 Å². The number of carbonyl (C=O) groups excluding carboxylic acids is 1. The lowest BCUT2D eigenvalue weighted by molar-refractivity contribution is -0.160. The van der Waals surface area contributed by atoms with Crippen LogP contribution in [0.1, 0.15) is 19.3 Å². The number of nitrogens with zero attached hydrogens (tertiary/aromatic N) is 1. The zero-order chi connectivity index (χ0) is 13.3. The summed E-state index contributed by atoms with van der Waals surface area (Å²) in [6.07, 6.45) is 1.43. The maximum absolute atomic E-state index is 13.1. The van der Waals surface area contributed by atoms with Crippen LogP contribution in [0.25, 0.3) is 0 Å². The van der Waals surface area contributed by atoms with Crippen molar-refractivity contribution >= 4 is 17.6 Å².